The first-order chi connectivity index (χ1) is 25.3. The molecule has 0 atom stereocenters. The highest BCUT2D eigenvalue weighted by atomic mass is 32.2. The third-order valence-corrected chi connectivity index (χ3v) is 10.1. The Labute approximate surface area is 307 Å². The summed E-state index contributed by atoms with van der Waals surface area (Å²) in [7, 11) is -8.93. The number of nitrogens with one attached hydrogen (secondary N) is 4. The van der Waals surface area contributed by atoms with Crippen molar-refractivity contribution in [2.75, 3.05) is 10.6 Å². The molecule has 6 aromatic rings. The number of phenols is 2. The summed E-state index contributed by atoms with van der Waals surface area (Å²) in [5.74, 6) is -1.86. The van der Waals surface area contributed by atoms with Crippen molar-refractivity contribution in [3.05, 3.63) is 119 Å². The van der Waals surface area contributed by atoms with E-state index in [1.54, 1.807) is 38.1 Å². The molecule has 0 aromatic heterocycles. The number of fused-ring (bicyclic) bond motifs is 2. The quantitative estimate of drug-likeness (QED) is 0.0795. The molecule has 6 aromatic carbocycles. The molecule has 0 saturated heterocycles. The van der Waals surface area contributed by atoms with Gasteiger partial charge in [0.1, 0.15) is 11.5 Å². The molecule has 4 amide bonds. The van der Waals surface area contributed by atoms with E-state index in [-0.39, 0.29) is 32.4 Å². The van der Waals surface area contributed by atoms with Crippen molar-refractivity contribution in [1.82, 2.24) is 10.6 Å². The molecule has 0 aliphatic rings. The molecule has 0 unspecified atom stereocenters. The number of carbonyl (C=O) groups is 3. The molecular formula is C37H30N4O11S2. The number of imide groups is 2. The van der Waals surface area contributed by atoms with Gasteiger partial charge in [-0.3, -0.25) is 29.3 Å². The van der Waals surface area contributed by atoms with E-state index >= 15 is 0 Å². The van der Waals surface area contributed by atoms with Crippen molar-refractivity contribution in [2.45, 2.75) is 23.6 Å². The molecule has 0 heterocycles. The fourth-order valence-electron chi connectivity index (χ4n) is 5.82. The number of hydrogen-bond acceptors (Lipinski definition) is 11. The van der Waals surface area contributed by atoms with Gasteiger partial charge in [-0.25, -0.2) is 4.79 Å². The Bertz CT molecular complexity index is 2600. The number of urea groups is 1. The van der Waals surface area contributed by atoms with Gasteiger partial charge in [0.15, 0.2) is 0 Å². The summed E-state index contributed by atoms with van der Waals surface area (Å²) in [4.78, 5) is 37.9. The van der Waals surface area contributed by atoms with Gasteiger partial charge in [-0.2, -0.15) is 16.8 Å². The van der Waals surface area contributed by atoms with Gasteiger partial charge >= 0.3 is 6.03 Å². The molecule has 276 valence electrons. The monoisotopic (exact) mass is 770 g/mol. The second-order valence-corrected chi connectivity index (χ2v) is 15.1. The standard InChI is InChI=1S/C37H30N4O11S2/c1-19-11-23(38-25-13-21-15-27(53(47,48)49)5-9-31(21)33(42)17-25)3-7-29(19)35(44)40-37(46)41-36(45)30-8-4-24(12-20(30)2)39-26-14-22-16-28(54(50,51)52)6-10-32(22)34(43)18-26/h3-18,38-39,42-43H,1-2H3,(H,47,48,49)(H,50,51,52)(H2,40,41,44,45,46). The van der Waals surface area contributed by atoms with E-state index in [0.717, 1.165) is 0 Å². The zero-order valence-electron chi connectivity index (χ0n) is 28.2. The first-order valence-electron chi connectivity index (χ1n) is 15.8. The second-order valence-electron chi connectivity index (χ2n) is 12.3. The number of hydrogen-bond donors (Lipinski definition) is 8. The number of rotatable bonds is 8. The average molecular weight is 771 g/mol. The number of carbonyl (C=O) groups excluding carboxylic acids is 3. The summed E-state index contributed by atoms with van der Waals surface area (Å²) in [6, 6.07) is 21.6. The lowest BCUT2D eigenvalue weighted by Crippen LogP contribution is -2.42. The van der Waals surface area contributed by atoms with E-state index in [2.05, 4.69) is 21.3 Å². The number of benzene rings is 6. The maximum absolute atomic E-state index is 13.0. The van der Waals surface area contributed by atoms with Crippen molar-refractivity contribution in [3.8, 4) is 11.5 Å². The molecule has 0 bridgehead atoms. The molecule has 0 aliphatic carbocycles. The highest BCUT2D eigenvalue weighted by Crippen LogP contribution is 2.34. The lowest BCUT2D eigenvalue weighted by molar-refractivity contribution is 0.0944. The summed E-state index contributed by atoms with van der Waals surface area (Å²) in [5.41, 5.74) is 2.90. The van der Waals surface area contributed by atoms with Crippen LogP contribution in [0.3, 0.4) is 0 Å². The molecular weight excluding hydrogens is 741 g/mol. The first kappa shape index (κ1) is 37.2. The van der Waals surface area contributed by atoms with Crippen molar-refractivity contribution in [1.29, 1.82) is 0 Å². The van der Waals surface area contributed by atoms with Gasteiger partial charge in [-0.05, 0) is 121 Å². The lowest BCUT2D eigenvalue weighted by atomic mass is 10.1. The topological polar surface area (TPSA) is 249 Å². The Hall–Kier alpha value is -6.53. The number of aryl methyl sites for hydroxylation is 2. The fraction of sp³-hybridized carbons (Fsp3) is 0.0541. The molecule has 0 radical (unpaired) electrons. The molecule has 15 nitrogen and oxygen atoms in total. The summed E-state index contributed by atoms with van der Waals surface area (Å²) in [5, 5.41) is 32.7. The minimum absolute atomic E-state index is 0.128. The fourth-order valence-corrected chi connectivity index (χ4v) is 6.85. The predicted octanol–water partition coefficient (Wildman–Crippen LogP) is 6.28. The molecule has 0 aliphatic heterocycles. The minimum atomic E-state index is -4.46. The van der Waals surface area contributed by atoms with Crippen LogP contribution in [0.25, 0.3) is 21.5 Å². The largest absolute Gasteiger partial charge is 0.507 e. The molecule has 54 heavy (non-hydrogen) atoms. The van der Waals surface area contributed by atoms with E-state index in [1.165, 1.54) is 72.8 Å². The van der Waals surface area contributed by atoms with E-state index in [4.69, 9.17) is 0 Å². The van der Waals surface area contributed by atoms with Gasteiger partial charge in [0, 0.05) is 56.8 Å². The highest BCUT2D eigenvalue weighted by Gasteiger charge is 2.19. The van der Waals surface area contributed by atoms with Crippen LogP contribution in [0.15, 0.2) is 107 Å². The summed E-state index contributed by atoms with van der Waals surface area (Å²) in [6.45, 7) is 3.24. The Balaban J connectivity index is 1.09. The highest BCUT2D eigenvalue weighted by molar-refractivity contribution is 7.86. The third kappa shape index (κ3) is 8.08. The lowest BCUT2D eigenvalue weighted by Gasteiger charge is -2.13. The van der Waals surface area contributed by atoms with Gasteiger partial charge in [-0.1, -0.05) is 0 Å². The Morgan fingerprint density at radius 3 is 1.24 bits per heavy atom. The van der Waals surface area contributed by atoms with Gasteiger partial charge < -0.3 is 20.8 Å². The van der Waals surface area contributed by atoms with Gasteiger partial charge in [0.05, 0.1) is 9.79 Å². The van der Waals surface area contributed by atoms with Gasteiger partial charge in [0.25, 0.3) is 32.1 Å². The van der Waals surface area contributed by atoms with Crippen molar-refractivity contribution >= 4 is 82.4 Å². The average Bonchev–Trinajstić information content (AvgIpc) is 3.07. The molecule has 0 saturated carbocycles. The summed E-state index contributed by atoms with van der Waals surface area (Å²) < 4.78 is 65.0. The van der Waals surface area contributed by atoms with E-state index in [0.29, 0.717) is 55.4 Å². The zero-order valence-corrected chi connectivity index (χ0v) is 29.8. The van der Waals surface area contributed by atoms with Crippen molar-refractivity contribution in [3.63, 3.8) is 0 Å². The maximum atomic E-state index is 13.0. The summed E-state index contributed by atoms with van der Waals surface area (Å²) in [6.07, 6.45) is 0. The number of amides is 4. The van der Waals surface area contributed by atoms with Crippen molar-refractivity contribution in [2.24, 2.45) is 0 Å². The molecule has 0 spiro atoms. The zero-order chi connectivity index (χ0) is 39.1. The van der Waals surface area contributed by atoms with Crippen LogP contribution in [0, 0.1) is 13.8 Å². The van der Waals surface area contributed by atoms with Crippen LogP contribution in [-0.2, 0) is 20.2 Å². The van der Waals surface area contributed by atoms with Crippen LogP contribution in [0.5, 0.6) is 11.5 Å². The van der Waals surface area contributed by atoms with Crippen LogP contribution in [0.2, 0.25) is 0 Å². The third-order valence-electron chi connectivity index (χ3n) is 8.37. The maximum Gasteiger partial charge on any atom is 0.328 e. The Morgan fingerprint density at radius 2 is 0.889 bits per heavy atom. The van der Waals surface area contributed by atoms with Gasteiger partial charge in [0.2, 0.25) is 0 Å². The van der Waals surface area contributed by atoms with Crippen LogP contribution in [0.1, 0.15) is 31.8 Å². The van der Waals surface area contributed by atoms with E-state index in [1.807, 2.05) is 0 Å². The van der Waals surface area contributed by atoms with Crippen molar-refractivity contribution < 1.29 is 50.5 Å². The van der Waals surface area contributed by atoms with Crippen LogP contribution < -0.4 is 21.3 Å². The number of aromatic hydroxyl groups is 2. The van der Waals surface area contributed by atoms with E-state index in [9.17, 15) is 50.5 Å². The molecule has 6 rings (SSSR count). The molecule has 0 fully saturated rings. The van der Waals surface area contributed by atoms with E-state index < -0.39 is 38.1 Å². The van der Waals surface area contributed by atoms with Crippen LogP contribution in [-0.4, -0.2) is 54.0 Å². The van der Waals surface area contributed by atoms with Crippen LogP contribution in [0.4, 0.5) is 27.5 Å². The minimum Gasteiger partial charge on any atom is -0.507 e. The molecule has 8 N–H and O–H groups in total. The van der Waals surface area contributed by atoms with Crippen LogP contribution >= 0.6 is 0 Å². The predicted molar refractivity (Wildman–Crippen MR) is 200 cm³/mol. The second kappa shape index (κ2) is 14.1. The van der Waals surface area contributed by atoms with Gasteiger partial charge in [-0.15, -0.1) is 0 Å². The normalized spacial score (nSPS) is 11.6. The number of phenolic OH excluding ortho intramolecular Hbond substituents is 2. The smallest absolute Gasteiger partial charge is 0.328 e. The SMILES string of the molecule is Cc1cc(Nc2cc(O)c3ccc(S(=O)(=O)O)cc3c2)ccc1C(=O)NC(=O)NC(=O)c1ccc(Nc2cc(O)c3ccc(S(=O)(=O)O)cc3c2)cc1C. The first-order valence-corrected chi connectivity index (χ1v) is 18.6. The Morgan fingerprint density at radius 1 is 0.500 bits per heavy atom. The molecule has 17 heteroatoms. The number of anilines is 4. The summed E-state index contributed by atoms with van der Waals surface area (Å²) >= 11 is 0. The Kier molecular flexibility index (Phi) is 9.74.